The van der Waals surface area contributed by atoms with Crippen LogP contribution in [0.25, 0.3) is 33.8 Å². The molecule has 35 heavy (non-hydrogen) atoms. The Morgan fingerprint density at radius 2 is 1.86 bits per heavy atom. The van der Waals surface area contributed by atoms with Gasteiger partial charge in [-0.25, -0.2) is 9.97 Å². The summed E-state index contributed by atoms with van der Waals surface area (Å²) in [6.07, 6.45) is 1.56. The number of amides is 2. The van der Waals surface area contributed by atoms with Crippen LogP contribution in [0.15, 0.2) is 65.4 Å². The molecule has 11 nitrogen and oxygen atoms in total. The number of nitrogens with one attached hydrogen (secondary N) is 3. The quantitative estimate of drug-likeness (QED) is 0.322. The third kappa shape index (κ3) is 4.88. The first kappa shape index (κ1) is 21.9. The maximum absolute atomic E-state index is 13.0. The molecule has 0 saturated carbocycles. The number of carbonyl (C=O) groups excluding carboxylic acids is 2. The zero-order chi connectivity index (χ0) is 24.2. The van der Waals surface area contributed by atoms with Gasteiger partial charge in [0.2, 0.25) is 17.6 Å². The average Bonchev–Trinajstić information content (AvgIpc) is 3.58. The van der Waals surface area contributed by atoms with Crippen molar-refractivity contribution in [2.75, 3.05) is 0 Å². The number of benzene rings is 2. The van der Waals surface area contributed by atoms with Gasteiger partial charge in [-0.05, 0) is 19.1 Å². The minimum Gasteiger partial charge on any atom is -0.339 e. The summed E-state index contributed by atoms with van der Waals surface area (Å²) < 4.78 is 5.12. The van der Waals surface area contributed by atoms with E-state index >= 15 is 0 Å². The van der Waals surface area contributed by atoms with Crippen molar-refractivity contribution in [2.45, 2.75) is 19.8 Å². The molecule has 174 valence electrons. The second-order valence-electron chi connectivity index (χ2n) is 7.79. The summed E-state index contributed by atoms with van der Waals surface area (Å²) in [5.41, 5.74) is 8.70. The van der Waals surface area contributed by atoms with Crippen molar-refractivity contribution in [2.24, 2.45) is 0 Å². The zero-order valence-electron chi connectivity index (χ0n) is 18.6. The highest BCUT2D eigenvalue weighted by Gasteiger charge is 2.16. The number of para-hydroxylation sites is 1. The molecular formula is C24H20N8O3. The summed E-state index contributed by atoms with van der Waals surface area (Å²) >= 11 is 0. The number of hydrazine groups is 1. The molecule has 0 aliphatic heterocycles. The Hall–Kier alpha value is -4.93. The van der Waals surface area contributed by atoms with Crippen LogP contribution in [0.4, 0.5) is 0 Å². The highest BCUT2D eigenvalue weighted by Crippen LogP contribution is 2.25. The van der Waals surface area contributed by atoms with E-state index in [-0.39, 0.29) is 24.6 Å². The topological polar surface area (TPSA) is 152 Å². The number of aromatic nitrogens is 6. The number of hydrogen-bond donors (Lipinski definition) is 3. The molecular weight excluding hydrogens is 448 g/mol. The SMILES string of the molecule is Cc1ccc(-c2cc(C(=O)NNC(=O)CCc3nc(-c4ncn[nH]4)no3)c3ccccc3n2)cc1. The molecule has 0 unspecified atom stereocenters. The van der Waals surface area contributed by atoms with Crippen LogP contribution in [0.1, 0.15) is 28.2 Å². The van der Waals surface area contributed by atoms with Crippen molar-refractivity contribution in [3.05, 3.63) is 77.9 Å². The first-order valence-corrected chi connectivity index (χ1v) is 10.8. The normalized spacial score (nSPS) is 10.9. The number of aromatic amines is 1. The van der Waals surface area contributed by atoms with Crippen LogP contribution in [0, 0.1) is 6.92 Å². The van der Waals surface area contributed by atoms with E-state index in [9.17, 15) is 9.59 Å². The first-order chi connectivity index (χ1) is 17.1. The molecule has 0 aliphatic carbocycles. The molecule has 3 aromatic heterocycles. The average molecular weight is 468 g/mol. The van der Waals surface area contributed by atoms with Crippen molar-refractivity contribution >= 4 is 22.7 Å². The molecule has 0 spiro atoms. The van der Waals surface area contributed by atoms with E-state index in [1.165, 1.54) is 6.33 Å². The Balaban J connectivity index is 1.26. The molecule has 0 saturated heterocycles. The summed E-state index contributed by atoms with van der Waals surface area (Å²) in [6, 6.07) is 17.0. The molecule has 0 bridgehead atoms. The fourth-order valence-electron chi connectivity index (χ4n) is 3.48. The predicted octanol–water partition coefficient (Wildman–Crippen LogP) is 2.77. The van der Waals surface area contributed by atoms with Gasteiger partial charge in [-0.2, -0.15) is 10.1 Å². The van der Waals surface area contributed by atoms with Gasteiger partial charge in [0.1, 0.15) is 6.33 Å². The lowest BCUT2D eigenvalue weighted by atomic mass is 10.0. The lowest BCUT2D eigenvalue weighted by Gasteiger charge is -2.11. The molecule has 0 radical (unpaired) electrons. The molecule has 0 fully saturated rings. The largest absolute Gasteiger partial charge is 0.339 e. The molecule has 2 aromatic carbocycles. The minimum absolute atomic E-state index is 0.0318. The Morgan fingerprint density at radius 1 is 1.03 bits per heavy atom. The van der Waals surface area contributed by atoms with Gasteiger partial charge in [-0.1, -0.05) is 53.2 Å². The van der Waals surface area contributed by atoms with Gasteiger partial charge in [0, 0.05) is 23.8 Å². The van der Waals surface area contributed by atoms with Crippen molar-refractivity contribution in [1.82, 2.24) is 41.2 Å². The van der Waals surface area contributed by atoms with Crippen LogP contribution in [0.3, 0.4) is 0 Å². The number of rotatable bonds is 6. The molecule has 5 rings (SSSR count). The summed E-state index contributed by atoms with van der Waals surface area (Å²) in [5.74, 6) is 0.0257. The Kier molecular flexibility index (Phi) is 5.95. The van der Waals surface area contributed by atoms with Crippen LogP contribution in [-0.2, 0) is 11.2 Å². The second kappa shape index (κ2) is 9.51. The highest BCUT2D eigenvalue weighted by atomic mass is 16.5. The van der Waals surface area contributed by atoms with Crippen molar-refractivity contribution in [3.63, 3.8) is 0 Å². The Bertz CT molecular complexity index is 1490. The predicted molar refractivity (Wildman–Crippen MR) is 126 cm³/mol. The molecule has 2 amide bonds. The Morgan fingerprint density at radius 3 is 2.66 bits per heavy atom. The maximum atomic E-state index is 13.0. The van der Waals surface area contributed by atoms with E-state index < -0.39 is 11.8 Å². The third-order valence-electron chi connectivity index (χ3n) is 5.28. The van der Waals surface area contributed by atoms with E-state index in [2.05, 4.69) is 36.2 Å². The van der Waals surface area contributed by atoms with Crippen LogP contribution >= 0.6 is 0 Å². The van der Waals surface area contributed by atoms with Crippen molar-refractivity contribution < 1.29 is 14.1 Å². The second-order valence-corrected chi connectivity index (χ2v) is 7.79. The first-order valence-electron chi connectivity index (χ1n) is 10.8. The number of H-pyrrole nitrogens is 1. The standard InChI is InChI=1S/C24H20N8O3/c1-14-6-8-15(9-7-14)19-12-17(16-4-2-3-5-18(16)27-19)24(34)31-29-20(33)10-11-21-28-23(32-35-21)22-25-13-26-30-22/h2-9,12-13H,10-11H2,1H3,(H,29,33)(H,31,34)(H,25,26,30). The molecule has 0 aliphatic rings. The van der Waals surface area contributed by atoms with Gasteiger partial charge in [-0.15, -0.1) is 0 Å². The number of aryl methyl sites for hydroxylation is 2. The lowest BCUT2D eigenvalue weighted by Crippen LogP contribution is -2.41. The monoisotopic (exact) mass is 468 g/mol. The van der Waals surface area contributed by atoms with Gasteiger partial charge < -0.3 is 4.52 Å². The summed E-state index contributed by atoms with van der Waals surface area (Å²) in [4.78, 5) is 38.1. The van der Waals surface area contributed by atoms with Gasteiger partial charge >= 0.3 is 0 Å². The number of pyridine rings is 1. The van der Waals surface area contributed by atoms with Crippen LogP contribution < -0.4 is 10.9 Å². The Labute approximate surface area is 199 Å². The number of carbonyl (C=O) groups is 2. The minimum atomic E-state index is -0.448. The number of fused-ring (bicyclic) bond motifs is 1. The van der Waals surface area contributed by atoms with Gasteiger partial charge in [0.15, 0.2) is 5.82 Å². The maximum Gasteiger partial charge on any atom is 0.270 e. The van der Waals surface area contributed by atoms with Crippen LogP contribution in [-0.4, -0.2) is 42.1 Å². The lowest BCUT2D eigenvalue weighted by molar-refractivity contribution is -0.121. The van der Waals surface area contributed by atoms with Gasteiger partial charge in [-0.3, -0.25) is 25.5 Å². The number of hydrogen-bond acceptors (Lipinski definition) is 8. The molecule has 11 heteroatoms. The van der Waals surface area contributed by atoms with Gasteiger partial charge in [0.05, 0.1) is 16.8 Å². The fraction of sp³-hybridized carbons (Fsp3) is 0.125. The van der Waals surface area contributed by atoms with E-state index in [4.69, 9.17) is 9.51 Å². The van der Waals surface area contributed by atoms with Crippen molar-refractivity contribution in [1.29, 1.82) is 0 Å². The van der Waals surface area contributed by atoms with E-state index in [0.29, 0.717) is 28.0 Å². The summed E-state index contributed by atoms with van der Waals surface area (Å²) in [6.45, 7) is 2.01. The van der Waals surface area contributed by atoms with E-state index in [1.807, 2.05) is 55.5 Å². The molecule has 5 aromatic rings. The zero-order valence-corrected chi connectivity index (χ0v) is 18.6. The summed E-state index contributed by atoms with van der Waals surface area (Å²) in [7, 11) is 0. The van der Waals surface area contributed by atoms with Gasteiger partial charge in [0.25, 0.3) is 5.91 Å². The smallest absolute Gasteiger partial charge is 0.270 e. The van der Waals surface area contributed by atoms with Crippen LogP contribution in [0.5, 0.6) is 0 Å². The van der Waals surface area contributed by atoms with E-state index in [0.717, 1.165) is 11.1 Å². The van der Waals surface area contributed by atoms with Crippen LogP contribution in [0.2, 0.25) is 0 Å². The molecule has 3 heterocycles. The molecule has 0 atom stereocenters. The summed E-state index contributed by atoms with van der Waals surface area (Å²) in [5, 5.41) is 10.8. The van der Waals surface area contributed by atoms with Crippen molar-refractivity contribution in [3.8, 4) is 22.9 Å². The van der Waals surface area contributed by atoms with E-state index in [1.54, 1.807) is 6.07 Å². The third-order valence-corrected chi connectivity index (χ3v) is 5.28. The molecule has 3 N–H and O–H groups in total. The number of nitrogens with zero attached hydrogens (tertiary/aromatic N) is 5. The highest BCUT2D eigenvalue weighted by molar-refractivity contribution is 6.07. The fourth-order valence-corrected chi connectivity index (χ4v) is 3.48.